The molecular formula is C14H25N3O3. The van der Waals surface area contributed by atoms with Crippen LogP contribution in [0, 0.1) is 5.41 Å². The van der Waals surface area contributed by atoms with Gasteiger partial charge in [-0.1, -0.05) is 24.4 Å². The Labute approximate surface area is 119 Å². The molecule has 4 N–H and O–H groups in total. The lowest BCUT2D eigenvalue weighted by atomic mass is 9.76. The van der Waals surface area contributed by atoms with Gasteiger partial charge in [-0.2, -0.15) is 0 Å². The molecular weight excluding hydrogens is 258 g/mol. The van der Waals surface area contributed by atoms with Crippen LogP contribution in [0.15, 0.2) is 5.16 Å². The van der Waals surface area contributed by atoms with Crippen molar-refractivity contribution in [3.63, 3.8) is 0 Å². The van der Waals surface area contributed by atoms with Gasteiger partial charge in [-0.05, 0) is 32.6 Å². The quantitative estimate of drug-likeness (QED) is 0.315. The molecule has 6 heteroatoms. The molecule has 2 aliphatic rings. The Bertz CT molecular complexity index is 383. The van der Waals surface area contributed by atoms with Crippen molar-refractivity contribution in [1.29, 1.82) is 0 Å². The Morgan fingerprint density at radius 2 is 1.80 bits per heavy atom. The fourth-order valence-corrected chi connectivity index (χ4v) is 3.27. The van der Waals surface area contributed by atoms with Crippen LogP contribution in [0.5, 0.6) is 0 Å². The Morgan fingerprint density at radius 1 is 1.20 bits per heavy atom. The molecule has 6 nitrogen and oxygen atoms in total. The molecule has 0 atom stereocenters. The number of nitrogens with two attached hydrogens (primary N) is 1. The van der Waals surface area contributed by atoms with Crippen molar-refractivity contribution in [2.45, 2.75) is 57.4 Å². The molecule has 0 aromatic heterocycles. The van der Waals surface area contributed by atoms with Crippen molar-refractivity contribution in [3.05, 3.63) is 0 Å². The van der Waals surface area contributed by atoms with Gasteiger partial charge in [0.15, 0.2) is 5.84 Å². The van der Waals surface area contributed by atoms with Crippen LogP contribution in [0.3, 0.4) is 0 Å². The van der Waals surface area contributed by atoms with Crippen LogP contribution >= 0.6 is 0 Å². The predicted octanol–water partition coefficient (Wildman–Crippen LogP) is 1.37. The van der Waals surface area contributed by atoms with E-state index in [1.54, 1.807) is 0 Å². The van der Waals surface area contributed by atoms with Crippen LogP contribution in [-0.2, 0) is 9.53 Å². The Hall–Kier alpha value is -1.30. The molecule has 0 spiro atoms. The van der Waals surface area contributed by atoms with Gasteiger partial charge in [-0.15, -0.1) is 0 Å². The average molecular weight is 283 g/mol. The van der Waals surface area contributed by atoms with Gasteiger partial charge in [-0.3, -0.25) is 4.79 Å². The van der Waals surface area contributed by atoms with E-state index in [-0.39, 0.29) is 17.3 Å². The normalized spacial score (nSPS) is 25.9. The summed E-state index contributed by atoms with van der Waals surface area (Å²) in [6, 6.07) is 0. The van der Waals surface area contributed by atoms with Gasteiger partial charge >= 0.3 is 0 Å². The Kier molecular flexibility index (Phi) is 4.52. The molecule has 0 unspecified atom stereocenters. The molecule has 2 fully saturated rings. The van der Waals surface area contributed by atoms with Crippen LogP contribution in [0.2, 0.25) is 0 Å². The van der Waals surface area contributed by atoms with Crippen molar-refractivity contribution >= 4 is 11.7 Å². The van der Waals surface area contributed by atoms with E-state index in [9.17, 15) is 4.79 Å². The highest BCUT2D eigenvalue weighted by atomic mass is 16.5. The first-order valence-corrected chi connectivity index (χ1v) is 7.41. The lowest BCUT2D eigenvalue weighted by Crippen LogP contribution is -2.58. The molecule has 1 aliphatic heterocycles. The van der Waals surface area contributed by atoms with Crippen LogP contribution in [0.1, 0.15) is 51.9 Å². The molecule has 114 valence electrons. The summed E-state index contributed by atoms with van der Waals surface area (Å²) >= 11 is 0. The fraction of sp³-hybridized carbons (Fsp3) is 0.857. The van der Waals surface area contributed by atoms with E-state index in [0.717, 1.165) is 25.7 Å². The SMILES string of the molecule is CC1(NC(=O)C2(C(N)=NO)CCOCC2)CCCCC1. The van der Waals surface area contributed by atoms with Crippen LogP contribution in [0.4, 0.5) is 0 Å². The van der Waals surface area contributed by atoms with Crippen molar-refractivity contribution in [1.82, 2.24) is 5.32 Å². The number of amidine groups is 1. The average Bonchev–Trinajstić information content (AvgIpc) is 2.47. The molecule has 1 heterocycles. The first-order chi connectivity index (χ1) is 9.52. The number of hydrogen-bond acceptors (Lipinski definition) is 4. The minimum atomic E-state index is -0.923. The van der Waals surface area contributed by atoms with Gasteiger partial charge < -0.3 is 21.0 Å². The zero-order valence-electron chi connectivity index (χ0n) is 12.2. The second-order valence-electron chi connectivity index (χ2n) is 6.26. The summed E-state index contributed by atoms with van der Waals surface area (Å²) in [5.74, 6) is -0.127. The van der Waals surface area contributed by atoms with E-state index in [1.807, 2.05) is 0 Å². The maximum Gasteiger partial charge on any atom is 0.234 e. The topological polar surface area (TPSA) is 96.9 Å². The first-order valence-electron chi connectivity index (χ1n) is 7.41. The third kappa shape index (κ3) is 2.90. The lowest BCUT2D eigenvalue weighted by molar-refractivity contribution is -0.134. The molecule has 1 amide bonds. The minimum absolute atomic E-state index is 0.00212. The van der Waals surface area contributed by atoms with Crippen LogP contribution in [0.25, 0.3) is 0 Å². The van der Waals surface area contributed by atoms with E-state index < -0.39 is 5.41 Å². The van der Waals surface area contributed by atoms with Crippen LogP contribution in [-0.4, -0.2) is 35.7 Å². The Balaban J connectivity index is 2.14. The van der Waals surface area contributed by atoms with Gasteiger partial charge in [0, 0.05) is 18.8 Å². The molecule has 0 radical (unpaired) electrons. The number of hydrogen-bond donors (Lipinski definition) is 3. The van der Waals surface area contributed by atoms with Gasteiger partial charge in [-0.25, -0.2) is 0 Å². The number of rotatable bonds is 3. The predicted molar refractivity (Wildman–Crippen MR) is 75.5 cm³/mol. The summed E-state index contributed by atoms with van der Waals surface area (Å²) in [5, 5.41) is 15.3. The number of oxime groups is 1. The van der Waals surface area contributed by atoms with E-state index in [1.165, 1.54) is 6.42 Å². The van der Waals surface area contributed by atoms with Crippen molar-refractivity contribution in [3.8, 4) is 0 Å². The Morgan fingerprint density at radius 3 is 2.35 bits per heavy atom. The van der Waals surface area contributed by atoms with E-state index in [4.69, 9.17) is 15.7 Å². The summed E-state index contributed by atoms with van der Waals surface area (Å²) in [6.45, 7) is 3.00. The van der Waals surface area contributed by atoms with Crippen LogP contribution < -0.4 is 11.1 Å². The molecule has 1 aliphatic carbocycles. The van der Waals surface area contributed by atoms with Gasteiger partial charge in [0.1, 0.15) is 5.41 Å². The zero-order valence-corrected chi connectivity index (χ0v) is 12.2. The van der Waals surface area contributed by atoms with Crippen molar-refractivity contribution in [2.75, 3.05) is 13.2 Å². The van der Waals surface area contributed by atoms with Gasteiger partial charge in [0.2, 0.25) is 5.91 Å². The largest absolute Gasteiger partial charge is 0.409 e. The second-order valence-corrected chi connectivity index (χ2v) is 6.26. The van der Waals surface area contributed by atoms with E-state index in [2.05, 4.69) is 17.4 Å². The second kappa shape index (κ2) is 5.99. The number of amides is 1. The summed E-state index contributed by atoms with van der Waals surface area (Å²) in [7, 11) is 0. The number of nitrogens with zero attached hydrogens (tertiary/aromatic N) is 1. The maximum atomic E-state index is 12.8. The standard InChI is InChI=1S/C14H25N3O3/c1-13(5-3-2-4-6-13)16-12(18)14(11(15)17-19)7-9-20-10-8-14/h19H,2-10H2,1H3,(H2,15,17)(H,16,18). The van der Waals surface area contributed by atoms with E-state index >= 15 is 0 Å². The molecule has 1 saturated carbocycles. The molecule has 0 bridgehead atoms. The summed E-state index contributed by atoms with van der Waals surface area (Å²) in [6.07, 6.45) is 6.40. The zero-order chi connectivity index (χ0) is 14.6. The van der Waals surface area contributed by atoms with Crippen molar-refractivity contribution < 1.29 is 14.7 Å². The number of ether oxygens (including phenoxy) is 1. The summed E-state index contributed by atoms with van der Waals surface area (Å²) in [5.41, 5.74) is 4.72. The highest BCUT2D eigenvalue weighted by Gasteiger charge is 2.46. The molecule has 2 rings (SSSR count). The highest BCUT2D eigenvalue weighted by molar-refractivity contribution is 6.07. The third-order valence-corrected chi connectivity index (χ3v) is 4.75. The number of carbonyl (C=O) groups excluding carboxylic acids is 1. The highest BCUT2D eigenvalue weighted by Crippen LogP contribution is 2.34. The van der Waals surface area contributed by atoms with E-state index in [0.29, 0.717) is 26.1 Å². The summed E-state index contributed by atoms with van der Waals surface area (Å²) in [4.78, 5) is 12.8. The molecule has 20 heavy (non-hydrogen) atoms. The van der Waals surface area contributed by atoms with Crippen molar-refractivity contribution in [2.24, 2.45) is 16.3 Å². The molecule has 0 aromatic carbocycles. The van der Waals surface area contributed by atoms with Gasteiger partial charge in [0.05, 0.1) is 0 Å². The fourth-order valence-electron chi connectivity index (χ4n) is 3.27. The number of carbonyl (C=O) groups is 1. The number of nitrogens with one attached hydrogen (secondary N) is 1. The molecule has 1 saturated heterocycles. The summed E-state index contributed by atoms with van der Waals surface area (Å²) < 4.78 is 5.31. The lowest BCUT2D eigenvalue weighted by Gasteiger charge is -2.40. The maximum absolute atomic E-state index is 12.8. The third-order valence-electron chi connectivity index (χ3n) is 4.75. The molecule has 0 aromatic rings. The first kappa shape index (κ1) is 15.1. The minimum Gasteiger partial charge on any atom is -0.409 e. The monoisotopic (exact) mass is 283 g/mol. The van der Waals surface area contributed by atoms with Gasteiger partial charge in [0.25, 0.3) is 0 Å². The smallest absolute Gasteiger partial charge is 0.234 e.